The molecule has 1 aromatic rings. The second-order valence-corrected chi connectivity index (χ2v) is 2.43. The van der Waals surface area contributed by atoms with Gasteiger partial charge in [-0.25, -0.2) is 9.78 Å². The maximum atomic E-state index is 11.0. The SMILES string of the molecule is CN(C)C(=O)Oc1ccccn1. The van der Waals surface area contributed by atoms with Gasteiger partial charge < -0.3 is 9.64 Å². The Kier molecular flexibility index (Phi) is 2.63. The van der Waals surface area contributed by atoms with E-state index in [1.165, 1.54) is 4.90 Å². The van der Waals surface area contributed by atoms with E-state index in [9.17, 15) is 4.79 Å². The van der Waals surface area contributed by atoms with Crippen LogP contribution in [0.4, 0.5) is 4.79 Å². The van der Waals surface area contributed by atoms with Gasteiger partial charge in [0.1, 0.15) is 0 Å². The molecule has 0 aromatic carbocycles. The molecule has 1 aromatic heterocycles. The van der Waals surface area contributed by atoms with Crippen molar-refractivity contribution in [1.29, 1.82) is 0 Å². The van der Waals surface area contributed by atoms with Crippen LogP contribution in [0.2, 0.25) is 0 Å². The fourth-order valence-corrected chi connectivity index (χ4v) is 0.588. The fraction of sp³-hybridized carbons (Fsp3) is 0.250. The summed E-state index contributed by atoms with van der Waals surface area (Å²) in [7, 11) is 3.23. The van der Waals surface area contributed by atoms with E-state index in [2.05, 4.69) is 4.98 Å². The molecule has 0 unspecified atom stereocenters. The summed E-state index contributed by atoms with van der Waals surface area (Å²) < 4.78 is 4.85. The van der Waals surface area contributed by atoms with E-state index in [1.807, 2.05) is 0 Å². The van der Waals surface area contributed by atoms with Crippen LogP contribution < -0.4 is 4.74 Å². The van der Waals surface area contributed by atoms with Crippen LogP contribution in [0.25, 0.3) is 0 Å². The minimum absolute atomic E-state index is 0.316. The standard InChI is InChI=1S/C8H10N2O2/c1-10(2)8(11)12-7-5-3-4-6-9-7/h3-6H,1-2H3. The number of aromatic nitrogens is 1. The van der Waals surface area contributed by atoms with E-state index in [0.29, 0.717) is 5.88 Å². The molecule has 0 radical (unpaired) electrons. The summed E-state index contributed by atoms with van der Waals surface area (Å²) in [5.74, 6) is 0.316. The Morgan fingerprint density at radius 2 is 2.25 bits per heavy atom. The third-order valence-corrected chi connectivity index (χ3v) is 1.19. The van der Waals surface area contributed by atoms with Crippen molar-refractivity contribution in [2.45, 2.75) is 0 Å². The van der Waals surface area contributed by atoms with Crippen molar-refractivity contribution in [2.24, 2.45) is 0 Å². The summed E-state index contributed by atoms with van der Waals surface area (Å²) in [5, 5.41) is 0. The van der Waals surface area contributed by atoms with Crippen molar-refractivity contribution in [3.63, 3.8) is 0 Å². The molecule has 0 aliphatic heterocycles. The van der Waals surface area contributed by atoms with Gasteiger partial charge in [0.15, 0.2) is 0 Å². The topological polar surface area (TPSA) is 42.4 Å². The van der Waals surface area contributed by atoms with Crippen LogP contribution in [-0.4, -0.2) is 30.1 Å². The molecule has 0 saturated heterocycles. The molecule has 0 aliphatic carbocycles. The largest absolute Gasteiger partial charge is 0.416 e. The van der Waals surface area contributed by atoms with Gasteiger partial charge in [-0.2, -0.15) is 0 Å². The molecule has 0 atom stereocenters. The van der Waals surface area contributed by atoms with E-state index in [-0.39, 0.29) is 0 Å². The Hall–Kier alpha value is -1.58. The zero-order valence-corrected chi connectivity index (χ0v) is 7.02. The Morgan fingerprint density at radius 3 is 2.75 bits per heavy atom. The molecule has 1 rings (SSSR count). The summed E-state index contributed by atoms with van der Waals surface area (Å²) in [5.41, 5.74) is 0. The van der Waals surface area contributed by atoms with Gasteiger partial charge in [-0.1, -0.05) is 6.07 Å². The van der Waals surface area contributed by atoms with Crippen LogP contribution in [-0.2, 0) is 0 Å². The normalized spacial score (nSPS) is 9.17. The van der Waals surface area contributed by atoms with Gasteiger partial charge >= 0.3 is 6.09 Å². The van der Waals surface area contributed by atoms with Crippen LogP contribution in [0.1, 0.15) is 0 Å². The zero-order valence-electron chi connectivity index (χ0n) is 7.02. The van der Waals surface area contributed by atoms with E-state index >= 15 is 0 Å². The molecule has 12 heavy (non-hydrogen) atoms. The molecule has 0 bridgehead atoms. The van der Waals surface area contributed by atoms with Crippen LogP contribution in [0.5, 0.6) is 5.88 Å². The molecular weight excluding hydrogens is 156 g/mol. The number of carbonyl (C=O) groups excluding carboxylic acids is 1. The van der Waals surface area contributed by atoms with Gasteiger partial charge in [-0.15, -0.1) is 0 Å². The van der Waals surface area contributed by atoms with E-state index in [4.69, 9.17) is 4.74 Å². The van der Waals surface area contributed by atoms with Crippen molar-refractivity contribution < 1.29 is 9.53 Å². The van der Waals surface area contributed by atoms with Crippen LogP contribution >= 0.6 is 0 Å². The number of pyridine rings is 1. The highest BCUT2D eigenvalue weighted by Gasteiger charge is 2.05. The molecule has 4 nitrogen and oxygen atoms in total. The predicted molar refractivity (Wildman–Crippen MR) is 43.9 cm³/mol. The lowest BCUT2D eigenvalue weighted by atomic mass is 10.5. The summed E-state index contributed by atoms with van der Waals surface area (Å²) in [6.45, 7) is 0. The van der Waals surface area contributed by atoms with Gasteiger partial charge in [0, 0.05) is 26.4 Å². The van der Waals surface area contributed by atoms with Crippen LogP contribution in [0, 0.1) is 0 Å². The molecule has 4 heteroatoms. The van der Waals surface area contributed by atoms with Crippen molar-refractivity contribution in [3.05, 3.63) is 24.4 Å². The van der Waals surface area contributed by atoms with E-state index < -0.39 is 6.09 Å². The first-order chi connectivity index (χ1) is 5.70. The number of ether oxygens (including phenoxy) is 1. The number of hydrogen-bond donors (Lipinski definition) is 0. The van der Waals surface area contributed by atoms with E-state index in [0.717, 1.165) is 0 Å². The molecular formula is C8H10N2O2. The fourth-order valence-electron chi connectivity index (χ4n) is 0.588. The monoisotopic (exact) mass is 166 g/mol. The van der Waals surface area contributed by atoms with Crippen LogP contribution in [0.15, 0.2) is 24.4 Å². The van der Waals surface area contributed by atoms with Gasteiger partial charge in [0.25, 0.3) is 0 Å². The van der Waals surface area contributed by atoms with Gasteiger partial charge in [-0.05, 0) is 6.07 Å². The molecule has 1 heterocycles. The molecule has 0 N–H and O–H groups in total. The Balaban J connectivity index is 2.59. The van der Waals surface area contributed by atoms with Gasteiger partial charge in [-0.3, -0.25) is 0 Å². The molecule has 0 spiro atoms. The molecule has 1 amide bonds. The highest BCUT2D eigenvalue weighted by atomic mass is 16.6. The lowest BCUT2D eigenvalue weighted by Gasteiger charge is -2.08. The number of rotatable bonds is 1. The summed E-state index contributed by atoms with van der Waals surface area (Å²) in [6.07, 6.45) is 1.15. The maximum absolute atomic E-state index is 11.0. The third kappa shape index (κ3) is 2.23. The summed E-state index contributed by atoms with van der Waals surface area (Å²) in [6, 6.07) is 5.14. The Bertz CT molecular complexity index is 259. The first kappa shape index (κ1) is 8.52. The number of amides is 1. The predicted octanol–water partition coefficient (Wildman–Crippen LogP) is 1.14. The van der Waals surface area contributed by atoms with Crippen molar-refractivity contribution in [1.82, 2.24) is 9.88 Å². The third-order valence-electron chi connectivity index (χ3n) is 1.19. The second-order valence-electron chi connectivity index (χ2n) is 2.43. The highest BCUT2D eigenvalue weighted by Crippen LogP contribution is 2.03. The Labute approximate surface area is 70.8 Å². The highest BCUT2D eigenvalue weighted by molar-refractivity contribution is 5.69. The van der Waals surface area contributed by atoms with Gasteiger partial charge in [0.05, 0.1) is 0 Å². The smallest absolute Gasteiger partial charge is 0.391 e. The van der Waals surface area contributed by atoms with Gasteiger partial charge in [0.2, 0.25) is 5.88 Å². The minimum atomic E-state index is -0.423. The number of hydrogen-bond acceptors (Lipinski definition) is 3. The number of carbonyl (C=O) groups is 1. The summed E-state index contributed by atoms with van der Waals surface area (Å²) >= 11 is 0. The maximum Gasteiger partial charge on any atom is 0.416 e. The first-order valence-electron chi connectivity index (χ1n) is 3.50. The minimum Gasteiger partial charge on any atom is -0.391 e. The zero-order chi connectivity index (χ0) is 8.97. The quantitative estimate of drug-likeness (QED) is 0.628. The molecule has 0 fully saturated rings. The average molecular weight is 166 g/mol. The van der Waals surface area contributed by atoms with Crippen LogP contribution in [0.3, 0.4) is 0 Å². The Morgan fingerprint density at radius 1 is 1.50 bits per heavy atom. The van der Waals surface area contributed by atoms with E-state index in [1.54, 1.807) is 38.5 Å². The lowest BCUT2D eigenvalue weighted by Crippen LogP contribution is -2.25. The second kappa shape index (κ2) is 3.71. The number of nitrogens with zero attached hydrogens (tertiary/aromatic N) is 2. The summed E-state index contributed by atoms with van der Waals surface area (Å²) in [4.78, 5) is 16.1. The van der Waals surface area contributed by atoms with Crippen molar-refractivity contribution >= 4 is 6.09 Å². The van der Waals surface area contributed by atoms with Crippen molar-refractivity contribution in [3.8, 4) is 5.88 Å². The molecule has 0 saturated carbocycles. The average Bonchev–Trinajstić information content (AvgIpc) is 2.06. The molecule has 64 valence electrons. The first-order valence-corrected chi connectivity index (χ1v) is 3.50. The molecule has 0 aliphatic rings. The lowest BCUT2D eigenvalue weighted by molar-refractivity contribution is 0.170. The van der Waals surface area contributed by atoms with Crippen molar-refractivity contribution in [2.75, 3.05) is 14.1 Å².